The third-order valence-corrected chi connectivity index (χ3v) is 3.68. The molecule has 1 aromatic carbocycles. The van der Waals surface area contributed by atoms with Crippen LogP contribution in [0.15, 0.2) is 29.4 Å². The van der Waals surface area contributed by atoms with E-state index in [1.807, 2.05) is 0 Å². The molecule has 0 bridgehead atoms. The summed E-state index contributed by atoms with van der Waals surface area (Å²) in [6.45, 7) is 1.77. The molecule has 6 N–H and O–H groups in total. The maximum absolute atomic E-state index is 12.0. The molecule has 2 rings (SSSR count). The fraction of sp³-hybridized carbons (Fsp3) is 0.143. The lowest BCUT2D eigenvalue weighted by Crippen LogP contribution is -2.16. The first-order valence-corrected chi connectivity index (χ1v) is 7.50. The van der Waals surface area contributed by atoms with Gasteiger partial charge in [-0.1, -0.05) is 17.8 Å². The van der Waals surface area contributed by atoms with Crippen molar-refractivity contribution in [3.63, 3.8) is 0 Å². The van der Waals surface area contributed by atoms with Crippen LogP contribution in [0, 0.1) is 6.92 Å². The van der Waals surface area contributed by atoms with Crippen LogP contribution < -0.4 is 16.8 Å². The lowest BCUT2D eigenvalue weighted by Gasteiger charge is -2.09. The highest BCUT2D eigenvalue weighted by molar-refractivity contribution is 7.99. The number of nitrogens with zero attached hydrogens (tertiary/aromatic N) is 2. The molecule has 1 amide bonds. The molecule has 0 atom stereocenters. The summed E-state index contributed by atoms with van der Waals surface area (Å²) in [4.78, 5) is 30.9. The van der Waals surface area contributed by atoms with E-state index in [0.717, 1.165) is 17.3 Å². The molecule has 0 saturated carbocycles. The van der Waals surface area contributed by atoms with Crippen molar-refractivity contribution in [2.24, 2.45) is 0 Å². The second-order valence-corrected chi connectivity index (χ2v) is 5.61. The number of nitrogen functional groups attached to an aromatic ring is 2. The Kier molecular flexibility index (Phi) is 5.02. The van der Waals surface area contributed by atoms with Crippen LogP contribution in [-0.4, -0.2) is 32.7 Å². The zero-order chi connectivity index (χ0) is 17.0. The summed E-state index contributed by atoms with van der Waals surface area (Å²) >= 11 is 1.08. The van der Waals surface area contributed by atoms with Crippen LogP contribution in [0.1, 0.15) is 15.9 Å². The molecule has 23 heavy (non-hydrogen) atoms. The Labute approximate surface area is 136 Å². The number of carbonyl (C=O) groups is 2. The summed E-state index contributed by atoms with van der Waals surface area (Å²) < 4.78 is 0. The quantitative estimate of drug-likeness (QED) is 0.474. The van der Waals surface area contributed by atoms with Gasteiger partial charge in [-0.05, 0) is 24.6 Å². The number of carboxylic acids is 1. The minimum Gasteiger partial charge on any atom is -0.478 e. The summed E-state index contributed by atoms with van der Waals surface area (Å²) in [6, 6.07) is 5.94. The largest absolute Gasteiger partial charge is 0.478 e. The third kappa shape index (κ3) is 4.58. The number of benzene rings is 1. The number of amides is 1. The second-order valence-electron chi connectivity index (χ2n) is 4.67. The fourth-order valence-electron chi connectivity index (χ4n) is 1.73. The smallest absolute Gasteiger partial charge is 0.335 e. The number of nitrogens with one attached hydrogen (secondary N) is 1. The molecule has 9 heteroatoms. The summed E-state index contributed by atoms with van der Waals surface area (Å²) in [7, 11) is 0. The molecule has 0 aliphatic rings. The van der Waals surface area contributed by atoms with E-state index in [1.54, 1.807) is 13.0 Å². The lowest BCUT2D eigenvalue weighted by molar-refractivity contribution is -0.113. The number of carboxylic acid groups (broad SMARTS) is 1. The van der Waals surface area contributed by atoms with Gasteiger partial charge in [-0.2, -0.15) is 0 Å². The van der Waals surface area contributed by atoms with Gasteiger partial charge in [0, 0.05) is 11.8 Å². The topological polar surface area (TPSA) is 144 Å². The summed E-state index contributed by atoms with van der Waals surface area (Å²) in [5.41, 5.74) is 12.4. The monoisotopic (exact) mass is 333 g/mol. The molecule has 1 aromatic heterocycles. The van der Waals surface area contributed by atoms with E-state index in [1.165, 1.54) is 18.2 Å². The van der Waals surface area contributed by atoms with E-state index in [9.17, 15) is 9.59 Å². The number of hydrogen-bond donors (Lipinski definition) is 4. The number of rotatable bonds is 5. The van der Waals surface area contributed by atoms with Gasteiger partial charge >= 0.3 is 5.97 Å². The molecule has 0 radical (unpaired) electrons. The number of aromatic carboxylic acids is 1. The maximum atomic E-state index is 12.0. The Balaban J connectivity index is 2.02. The van der Waals surface area contributed by atoms with Crippen LogP contribution in [0.25, 0.3) is 0 Å². The SMILES string of the molecule is Cc1ccc(C(=O)O)cc1NC(=O)CSc1nc(N)cc(N)n1. The van der Waals surface area contributed by atoms with Crippen molar-refractivity contribution in [2.45, 2.75) is 12.1 Å². The minimum atomic E-state index is -1.06. The van der Waals surface area contributed by atoms with Crippen LogP contribution in [0.5, 0.6) is 0 Å². The minimum absolute atomic E-state index is 0.0413. The molecule has 8 nitrogen and oxygen atoms in total. The first-order valence-electron chi connectivity index (χ1n) is 6.52. The normalized spacial score (nSPS) is 10.3. The van der Waals surface area contributed by atoms with E-state index in [2.05, 4.69) is 15.3 Å². The van der Waals surface area contributed by atoms with Gasteiger partial charge in [0.15, 0.2) is 5.16 Å². The lowest BCUT2D eigenvalue weighted by atomic mass is 10.1. The number of aryl methyl sites for hydroxylation is 1. The standard InChI is InChI=1S/C14H15N5O3S/c1-7-2-3-8(13(21)22)4-9(7)17-12(20)6-23-14-18-10(15)5-11(16)19-14/h2-5H,6H2,1H3,(H,17,20)(H,21,22)(H4,15,16,18,19). The summed E-state index contributed by atoms with van der Waals surface area (Å²) in [5.74, 6) is -0.876. The average Bonchev–Trinajstić information content (AvgIpc) is 2.46. The molecule has 2 aromatic rings. The van der Waals surface area contributed by atoms with Gasteiger partial charge in [0.2, 0.25) is 5.91 Å². The highest BCUT2D eigenvalue weighted by atomic mass is 32.2. The molecule has 0 unspecified atom stereocenters. The van der Waals surface area contributed by atoms with Crippen molar-refractivity contribution in [3.8, 4) is 0 Å². The Morgan fingerprint density at radius 3 is 2.48 bits per heavy atom. The molecule has 0 saturated heterocycles. The van der Waals surface area contributed by atoms with Crippen LogP contribution in [0.2, 0.25) is 0 Å². The van der Waals surface area contributed by atoms with Gasteiger partial charge in [-0.15, -0.1) is 0 Å². The van der Waals surface area contributed by atoms with Gasteiger partial charge in [0.25, 0.3) is 0 Å². The van der Waals surface area contributed by atoms with E-state index in [-0.39, 0.29) is 28.9 Å². The third-order valence-electron chi connectivity index (χ3n) is 2.84. The Bertz CT molecular complexity index is 746. The van der Waals surface area contributed by atoms with Gasteiger partial charge in [0.05, 0.1) is 11.3 Å². The van der Waals surface area contributed by atoms with Crippen LogP contribution >= 0.6 is 11.8 Å². The number of aromatic nitrogens is 2. The van der Waals surface area contributed by atoms with E-state index >= 15 is 0 Å². The van der Waals surface area contributed by atoms with Gasteiger partial charge in [-0.3, -0.25) is 4.79 Å². The number of anilines is 3. The van der Waals surface area contributed by atoms with Crippen molar-refractivity contribution in [1.82, 2.24) is 9.97 Å². The average molecular weight is 333 g/mol. The zero-order valence-electron chi connectivity index (χ0n) is 12.2. The van der Waals surface area contributed by atoms with Gasteiger partial charge in [0.1, 0.15) is 11.6 Å². The van der Waals surface area contributed by atoms with Crippen molar-refractivity contribution in [2.75, 3.05) is 22.5 Å². The molecule has 0 aliphatic carbocycles. The van der Waals surface area contributed by atoms with Gasteiger partial charge < -0.3 is 21.9 Å². The predicted octanol–water partition coefficient (Wildman–Crippen LogP) is 1.38. The maximum Gasteiger partial charge on any atom is 0.335 e. The van der Waals surface area contributed by atoms with E-state index in [0.29, 0.717) is 10.8 Å². The zero-order valence-corrected chi connectivity index (χ0v) is 13.1. The van der Waals surface area contributed by atoms with Crippen molar-refractivity contribution in [1.29, 1.82) is 0 Å². The molecule has 0 fully saturated rings. The number of carbonyl (C=O) groups excluding carboxylic acids is 1. The number of nitrogens with two attached hydrogens (primary N) is 2. The van der Waals surface area contributed by atoms with Crippen LogP contribution in [0.4, 0.5) is 17.3 Å². The Morgan fingerprint density at radius 1 is 1.22 bits per heavy atom. The molecule has 0 aliphatic heterocycles. The summed E-state index contributed by atoms with van der Waals surface area (Å²) in [5, 5.41) is 11.9. The van der Waals surface area contributed by atoms with Gasteiger partial charge in [-0.25, -0.2) is 14.8 Å². The van der Waals surface area contributed by atoms with Crippen molar-refractivity contribution in [3.05, 3.63) is 35.4 Å². The van der Waals surface area contributed by atoms with Crippen LogP contribution in [-0.2, 0) is 4.79 Å². The fourth-order valence-corrected chi connectivity index (χ4v) is 2.40. The van der Waals surface area contributed by atoms with E-state index in [4.69, 9.17) is 16.6 Å². The highest BCUT2D eigenvalue weighted by Gasteiger charge is 2.11. The Morgan fingerprint density at radius 2 is 1.87 bits per heavy atom. The van der Waals surface area contributed by atoms with Crippen LogP contribution in [0.3, 0.4) is 0 Å². The first kappa shape index (κ1) is 16.6. The molecule has 120 valence electrons. The first-order chi connectivity index (χ1) is 10.8. The van der Waals surface area contributed by atoms with Crippen molar-refractivity contribution >= 4 is 41.0 Å². The molecular weight excluding hydrogens is 318 g/mol. The molecule has 0 spiro atoms. The molecule has 1 heterocycles. The highest BCUT2D eigenvalue weighted by Crippen LogP contribution is 2.19. The predicted molar refractivity (Wildman–Crippen MR) is 88.3 cm³/mol. The van der Waals surface area contributed by atoms with E-state index < -0.39 is 5.97 Å². The molecular formula is C14H15N5O3S. The second kappa shape index (κ2) is 6.97. The van der Waals surface area contributed by atoms with Crippen molar-refractivity contribution < 1.29 is 14.7 Å². The Hall–Kier alpha value is -2.81. The number of thioether (sulfide) groups is 1. The summed E-state index contributed by atoms with van der Waals surface area (Å²) in [6.07, 6.45) is 0. The number of hydrogen-bond acceptors (Lipinski definition) is 7.